The van der Waals surface area contributed by atoms with Gasteiger partial charge in [0.1, 0.15) is 5.60 Å². The summed E-state index contributed by atoms with van der Waals surface area (Å²) in [4.78, 5) is 13.4. The Hall–Kier alpha value is -1.35. The molecule has 2 aliphatic rings. The third-order valence-corrected chi connectivity index (χ3v) is 3.88. The van der Waals surface area contributed by atoms with E-state index in [0.717, 1.165) is 18.5 Å². The molecule has 2 atom stereocenters. The maximum absolute atomic E-state index is 11.6. The molecule has 16 heavy (non-hydrogen) atoms. The zero-order valence-electron chi connectivity index (χ0n) is 9.10. The molecule has 0 saturated carbocycles. The second-order valence-electron chi connectivity index (χ2n) is 4.68. The summed E-state index contributed by atoms with van der Waals surface area (Å²) >= 11 is 0. The van der Waals surface area contributed by atoms with Crippen molar-refractivity contribution in [3.8, 4) is 0 Å². The van der Waals surface area contributed by atoms with E-state index in [4.69, 9.17) is 0 Å². The zero-order chi connectivity index (χ0) is 11.2. The van der Waals surface area contributed by atoms with Gasteiger partial charge >= 0.3 is 0 Å². The monoisotopic (exact) mass is 217 g/mol. The highest BCUT2D eigenvalue weighted by Crippen LogP contribution is 2.43. The highest BCUT2D eigenvalue weighted by molar-refractivity contribution is 5.79. The number of aliphatic hydroxyl groups is 1. The van der Waals surface area contributed by atoms with Crippen molar-refractivity contribution in [2.45, 2.75) is 30.9 Å². The van der Waals surface area contributed by atoms with Gasteiger partial charge in [0.05, 0.1) is 6.04 Å². The second-order valence-corrected chi connectivity index (χ2v) is 4.68. The molecule has 0 bridgehead atoms. The highest BCUT2D eigenvalue weighted by Gasteiger charge is 2.51. The topological polar surface area (TPSA) is 40.5 Å². The minimum Gasteiger partial charge on any atom is -0.383 e. The molecule has 2 aliphatic heterocycles. The summed E-state index contributed by atoms with van der Waals surface area (Å²) in [5, 5.41) is 10.8. The van der Waals surface area contributed by atoms with Gasteiger partial charge in [0, 0.05) is 13.0 Å². The largest absolute Gasteiger partial charge is 0.383 e. The van der Waals surface area contributed by atoms with Crippen LogP contribution in [0.25, 0.3) is 0 Å². The van der Waals surface area contributed by atoms with Gasteiger partial charge in [-0.1, -0.05) is 30.3 Å². The predicted molar refractivity (Wildman–Crippen MR) is 59.7 cm³/mol. The first-order valence-electron chi connectivity index (χ1n) is 5.79. The van der Waals surface area contributed by atoms with Crippen LogP contribution >= 0.6 is 0 Å². The Labute approximate surface area is 94.7 Å². The molecule has 84 valence electrons. The summed E-state index contributed by atoms with van der Waals surface area (Å²) < 4.78 is 0. The summed E-state index contributed by atoms with van der Waals surface area (Å²) in [6.07, 6.45) is 1.93. The van der Waals surface area contributed by atoms with Gasteiger partial charge in [-0.3, -0.25) is 4.79 Å². The number of carbonyl (C=O) groups is 1. The third kappa shape index (κ3) is 1.21. The Morgan fingerprint density at radius 3 is 2.69 bits per heavy atom. The molecule has 3 rings (SSSR count). The molecule has 1 amide bonds. The van der Waals surface area contributed by atoms with E-state index >= 15 is 0 Å². The van der Waals surface area contributed by atoms with Crippen molar-refractivity contribution in [2.75, 3.05) is 6.54 Å². The lowest BCUT2D eigenvalue weighted by Gasteiger charge is -2.53. The fourth-order valence-corrected chi connectivity index (χ4v) is 2.85. The number of amides is 1. The van der Waals surface area contributed by atoms with Crippen LogP contribution in [0.15, 0.2) is 30.3 Å². The first-order valence-corrected chi connectivity index (χ1v) is 5.79. The van der Waals surface area contributed by atoms with Crippen LogP contribution in [0.4, 0.5) is 0 Å². The summed E-state index contributed by atoms with van der Waals surface area (Å²) in [5.74, 6) is 0.192. The van der Waals surface area contributed by atoms with Gasteiger partial charge in [-0.2, -0.15) is 0 Å². The number of fused-ring (bicyclic) bond motifs is 1. The van der Waals surface area contributed by atoms with Gasteiger partial charge in [-0.15, -0.1) is 0 Å². The molecular weight excluding hydrogens is 202 g/mol. The van der Waals surface area contributed by atoms with Gasteiger partial charge in [0.2, 0.25) is 5.91 Å². The molecule has 1 N–H and O–H groups in total. The summed E-state index contributed by atoms with van der Waals surface area (Å²) in [6, 6.07) is 9.72. The van der Waals surface area contributed by atoms with Crippen LogP contribution < -0.4 is 0 Å². The quantitative estimate of drug-likeness (QED) is 0.769. The van der Waals surface area contributed by atoms with Gasteiger partial charge < -0.3 is 10.0 Å². The Morgan fingerprint density at radius 2 is 2.06 bits per heavy atom. The van der Waals surface area contributed by atoms with E-state index in [2.05, 4.69) is 0 Å². The average Bonchev–Trinajstić information content (AvgIpc) is 2.25. The van der Waals surface area contributed by atoms with Gasteiger partial charge in [0.25, 0.3) is 0 Å². The maximum Gasteiger partial charge on any atom is 0.223 e. The molecule has 0 aliphatic carbocycles. The van der Waals surface area contributed by atoms with Gasteiger partial charge in [-0.05, 0) is 18.4 Å². The molecule has 0 radical (unpaired) electrons. The van der Waals surface area contributed by atoms with E-state index in [9.17, 15) is 9.90 Å². The van der Waals surface area contributed by atoms with E-state index in [1.807, 2.05) is 35.2 Å². The van der Waals surface area contributed by atoms with E-state index in [-0.39, 0.29) is 11.9 Å². The number of rotatable bonds is 1. The molecule has 0 aromatic heterocycles. The van der Waals surface area contributed by atoms with Crippen LogP contribution in [0, 0.1) is 0 Å². The van der Waals surface area contributed by atoms with Crippen LogP contribution in [0.5, 0.6) is 0 Å². The van der Waals surface area contributed by atoms with E-state index in [1.54, 1.807) is 0 Å². The molecule has 0 spiro atoms. The standard InChI is InChI=1S/C13H15NO2/c15-12-6-8-13(16,11-7-9-14(11)12)10-4-2-1-3-5-10/h1-5,11,16H,6-9H2/t11-,13-/m1/s1. The van der Waals surface area contributed by atoms with Crippen molar-refractivity contribution in [3.05, 3.63) is 35.9 Å². The molecule has 2 saturated heterocycles. The van der Waals surface area contributed by atoms with E-state index in [0.29, 0.717) is 12.8 Å². The number of hydrogen-bond acceptors (Lipinski definition) is 2. The first-order chi connectivity index (χ1) is 7.72. The minimum absolute atomic E-state index is 0.00356. The average molecular weight is 217 g/mol. The van der Waals surface area contributed by atoms with Crippen LogP contribution in [-0.4, -0.2) is 28.5 Å². The molecule has 2 fully saturated rings. The second kappa shape index (κ2) is 3.32. The van der Waals surface area contributed by atoms with Crippen LogP contribution in [0.3, 0.4) is 0 Å². The number of nitrogens with zero attached hydrogens (tertiary/aromatic N) is 1. The van der Waals surface area contributed by atoms with Crippen LogP contribution in [0.1, 0.15) is 24.8 Å². The molecule has 1 aromatic rings. The van der Waals surface area contributed by atoms with Crippen LogP contribution in [-0.2, 0) is 10.4 Å². The lowest BCUT2D eigenvalue weighted by Crippen LogP contribution is -2.64. The number of benzene rings is 1. The minimum atomic E-state index is -0.826. The summed E-state index contributed by atoms with van der Waals surface area (Å²) in [7, 11) is 0. The summed E-state index contributed by atoms with van der Waals surface area (Å²) in [6.45, 7) is 0.804. The van der Waals surface area contributed by atoms with Gasteiger partial charge in [-0.25, -0.2) is 0 Å². The molecule has 3 heteroatoms. The van der Waals surface area contributed by atoms with E-state index < -0.39 is 5.60 Å². The first kappa shape index (κ1) is 9.85. The Balaban J connectivity index is 1.96. The molecular formula is C13H15NO2. The van der Waals surface area contributed by atoms with Crippen LogP contribution in [0.2, 0.25) is 0 Å². The number of hydrogen-bond donors (Lipinski definition) is 1. The molecule has 2 heterocycles. The Morgan fingerprint density at radius 1 is 1.31 bits per heavy atom. The summed E-state index contributed by atoms with van der Waals surface area (Å²) in [5.41, 5.74) is 0.116. The Bertz CT molecular complexity index is 417. The fourth-order valence-electron chi connectivity index (χ4n) is 2.85. The molecule has 3 nitrogen and oxygen atoms in total. The van der Waals surface area contributed by atoms with Crippen molar-refractivity contribution in [1.29, 1.82) is 0 Å². The van der Waals surface area contributed by atoms with Crippen molar-refractivity contribution < 1.29 is 9.90 Å². The van der Waals surface area contributed by atoms with Gasteiger partial charge in [0.15, 0.2) is 0 Å². The van der Waals surface area contributed by atoms with Crippen molar-refractivity contribution in [3.63, 3.8) is 0 Å². The fraction of sp³-hybridized carbons (Fsp3) is 0.462. The lowest BCUT2D eigenvalue weighted by molar-refractivity contribution is -0.169. The Kier molecular flexibility index (Phi) is 2.04. The smallest absolute Gasteiger partial charge is 0.223 e. The van der Waals surface area contributed by atoms with Crippen molar-refractivity contribution in [2.24, 2.45) is 0 Å². The normalized spacial score (nSPS) is 33.2. The number of piperidine rings is 1. The van der Waals surface area contributed by atoms with Crippen molar-refractivity contribution in [1.82, 2.24) is 4.90 Å². The SMILES string of the molecule is O=C1CC[C@@](O)(c2ccccc2)[C@H]2CCN12. The van der Waals surface area contributed by atoms with Crippen molar-refractivity contribution >= 4 is 5.91 Å². The zero-order valence-corrected chi connectivity index (χ0v) is 9.10. The number of carbonyl (C=O) groups excluding carboxylic acids is 1. The molecule has 1 aromatic carbocycles. The van der Waals surface area contributed by atoms with E-state index in [1.165, 1.54) is 0 Å². The lowest BCUT2D eigenvalue weighted by atomic mass is 9.73. The third-order valence-electron chi connectivity index (χ3n) is 3.88. The maximum atomic E-state index is 11.6. The predicted octanol–water partition coefficient (Wildman–Crippen LogP) is 1.27. The molecule has 0 unspecified atom stereocenters. The highest BCUT2D eigenvalue weighted by atomic mass is 16.3.